The number of unbranched alkanes of at least 4 members (excludes halogenated alkanes) is 22. The van der Waals surface area contributed by atoms with Crippen LogP contribution in [0.5, 0.6) is 0 Å². The first-order chi connectivity index (χ1) is 50.7. The third kappa shape index (κ3) is 74.9. The number of aliphatic hydroxyl groups excluding tert-OH is 1. The van der Waals surface area contributed by atoms with E-state index in [0.29, 0.717) is 32.1 Å². The van der Waals surface area contributed by atoms with E-state index in [1.54, 1.807) is 6.08 Å². The number of carbonyl (C=O) groups is 4. The zero-order chi connectivity index (χ0) is 76.0. The van der Waals surface area contributed by atoms with Gasteiger partial charge in [-0.3, -0.25) is 37.3 Å². The number of phosphoric ester groups is 2. The molecule has 0 heterocycles. The van der Waals surface area contributed by atoms with Gasteiger partial charge in [0.2, 0.25) is 0 Å². The van der Waals surface area contributed by atoms with E-state index in [2.05, 4.69) is 161 Å². The van der Waals surface area contributed by atoms with Crippen molar-refractivity contribution < 1.29 is 80.2 Å². The summed E-state index contributed by atoms with van der Waals surface area (Å²) in [6.45, 7) is 4.36. The summed E-state index contributed by atoms with van der Waals surface area (Å²) in [5.74, 6) is -2.39. The first-order valence-electron chi connectivity index (χ1n) is 39.7. The van der Waals surface area contributed by atoms with Crippen molar-refractivity contribution in [1.82, 2.24) is 0 Å². The summed E-state index contributed by atoms with van der Waals surface area (Å²) < 4.78 is 68.4. The van der Waals surface area contributed by atoms with Gasteiger partial charge in [0.15, 0.2) is 12.2 Å². The number of esters is 4. The predicted molar refractivity (Wildman–Crippen MR) is 427 cm³/mol. The van der Waals surface area contributed by atoms with Gasteiger partial charge in [-0.2, -0.15) is 0 Å². The van der Waals surface area contributed by atoms with E-state index in [1.165, 1.54) is 64.2 Å². The van der Waals surface area contributed by atoms with Gasteiger partial charge in [-0.05, 0) is 128 Å². The quantitative estimate of drug-likeness (QED) is 0.0169. The first kappa shape index (κ1) is 98.7. The van der Waals surface area contributed by atoms with Gasteiger partial charge in [0.1, 0.15) is 19.3 Å². The number of phosphoric acid groups is 2. The summed E-state index contributed by atoms with van der Waals surface area (Å²) in [6.07, 6.45) is 88.3. The molecule has 0 radical (unpaired) electrons. The van der Waals surface area contributed by atoms with Crippen LogP contribution in [-0.4, -0.2) is 96.7 Å². The molecule has 0 aliphatic heterocycles. The normalized spacial score (nSPS) is 14.7. The first-order valence-corrected chi connectivity index (χ1v) is 42.7. The SMILES string of the molecule is CC/C=C\C/C=C\C/C=C\C/C=C\C/C=C\CC(=O)OCC(COP(=O)(O)OCC(O)COP(=O)(O)OCC(COC(=O)CCCCCCCC/C=C\C/C=C\C/C=C\C/C=C\CC)OC(=O)CCCC/C=C\C/C=C\C/C=C\C/C=C\CC)OC(=O)CCCCCCCCCCCCCCCCC. The van der Waals surface area contributed by atoms with Crippen molar-refractivity contribution in [2.24, 2.45) is 0 Å². The van der Waals surface area contributed by atoms with Crippen LogP contribution in [0, 0.1) is 0 Å². The molecular formula is C85H140O17P2. The topological polar surface area (TPSA) is 237 Å². The van der Waals surface area contributed by atoms with Crippen molar-refractivity contribution in [3.05, 3.63) is 158 Å². The fraction of sp³-hybridized carbons (Fsp3) is 0.647. The van der Waals surface area contributed by atoms with Gasteiger partial charge in [-0.25, -0.2) is 9.13 Å². The van der Waals surface area contributed by atoms with Crippen LogP contribution in [0.3, 0.4) is 0 Å². The molecule has 592 valence electrons. The smallest absolute Gasteiger partial charge is 0.462 e. The molecule has 0 amide bonds. The van der Waals surface area contributed by atoms with Gasteiger partial charge in [-0.1, -0.05) is 301 Å². The molecule has 0 aromatic rings. The predicted octanol–water partition coefficient (Wildman–Crippen LogP) is 23.2. The van der Waals surface area contributed by atoms with Gasteiger partial charge in [0, 0.05) is 19.3 Å². The molecule has 19 heteroatoms. The molecule has 0 aliphatic rings. The molecule has 0 aromatic heterocycles. The number of allylic oxidation sites excluding steroid dienone is 25. The molecule has 0 rings (SSSR count). The Bertz CT molecular complexity index is 2590. The van der Waals surface area contributed by atoms with Crippen molar-refractivity contribution in [1.29, 1.82) is 0 Å². The van der Waals surface area contributed by atoms with Crippen LogP contribution in [0.15, 0.2) is 158 Å². The summed E-state index contributed by atoms with van der Waals surface area (Å²) in [5.41, 5.74) is 0. The van der Waals surface area contributed by atoms with E-state index in [-0.39, 0.29) is 25.7 Å². The third-order valence-electron chi connectivity index (χ3n) is 16.0. The van der Waals surface area contributed by atoms with Crippen molar-refractivity contribution in [2.45, 2.75) is 316 Å². The van der Waals surface area contributed by atoms with Crippen LogP contribution in [0.2, 0.25) is 0 Å². The highest BCUT2D eigenvalue weighted by Gasteiger charge is 2.30. The number of carbonyl (C=O) groups excluding carboxylic acids is 4. The fourth-order valence-electron chi connectivity index (χ4n) is 10.1. The van der Waals surface area contributed by atoms with Gasteiger partial charge < -0.3 is 33.8 Å². The van der Waals surface area contributed by atoms with Crippen LogP contribution in [-0.2, 0) is 65.4 Å². The molecule has 0 saturated heterocycles. The maximum atomic E-state index is 13.1. The summed E-state index contributed by atoms with van der Waals surface area (Å²) in [7, 11) is -10.0. The Hall–Kier alpha value is -5.32. The Morgan fingerprint density at radius 1 is 0.288 bits per heavy atom. The highest BCUT2D eigenvalue weighted by Crippen LogP contribution is 2.45. The fourth-order valence-corrected chi connectivity index (χ4v) is 11.7. The molecule has 0 aliphatic carbocycles. The van der Waals surface area contributed by atoms with E-state index in [4.69, 9.17) is 37.0 Å². The van der Waals surface area contributed by atoms with Crippen LogP contribution in [0.1, 0.15) is 297 Å². The number of ether oxygens (including phenoxy) is 4. The highest BCUT2D eigenvalue weighted by molar-refractivity contribution is 7.47. The molecule has 5 unspecified atom stereocenters. The lowest BCUT2D eigenvalue weighted by Gasteiger charge is -2.21. The second-order valence-corrected chi connectivity index (χ2v) is 28.8. The Morgan fingerprint density at radius 3 is 0.875 bits per heavy atom. The van der Waals surface area contributed by atoms with Crippen molar-refractivity contribution in [2.75, 3.05) is 39.6 Å². The molecule has 0 fully saturated rings. The van der Waals surface area contributed by atoms with Crippen LogP contribution in [0.4, 0.5) is 0 Å². The number of hydrogen-bond donors (Lipinski definition) is 3. The Morgan fingerprint density at radius 2 is 0.538 bits per heavy atom. The lowest BCUT2D eigenvalue weighted by atomic mass is 10.0. The van der Waals surface area contributed by atoms with Crippen LogP contribution >= 0.6 is 15.6 Å². The van der Waals surface area contributed by atoms with Crippen LogP contribution < -0.4 is 0 Å². The molecule has 0 bridgehead atoms. The zero-order valence-electron chi connectivity index (χ0n) is 64.6. The average Bonchev–Trinajstić information content (AvgIpc) is 0.912. The lowest BCUT2D eigenvalue weighted by Crippen LogP contribution is -2.30. The maximum Gasteiger partial charge on any atom is 0.472 e. The van der Waals surface area contributed by atoms with E-state index >= 15 is 0 Å². The number of aliphatic hydroxyl groups is 1. The van der Waals surface area contributed by atoms with E-state index in [1.807, 2.05) is 18.2 Å². The second-order valence-electron chi connectivity index (χ2n) is 25.9. The summed E-state index contributed by atoms with van der Waals surface area (Å²) in [4.78, 5) is 72.9. The van der Waals surface area contributed by atoms with Crippen LogP contribution in [0.25, 0.3) is 0 Å². The van der Waals surface area contributed by atoms with E-state index in [0.717, 1.165) is 148 Å². The molecule has 104 heavy (non-hydrogen) atoms. The monoisotopic (exact) mass is 1490 g/mol. The number of hydrogen-bond acceptors (Lipinski definition) is 15. The molecule has 3 N–H and O–H groups in total. The molecule has 17 nitrogen and oxygen atoms in total. The molecule has 0 saturated carbocycles. The largest absolute Gasteiger partial charge is 0.472 e. The Labute approximate surface area is 629 Å². The summed E-state index contributed by atoms with van der Waals surface area (Å²) in [5, 5.41) is 10.6. The number of rotatable bonds is 73. The minimum Gasteiger partial charge on any atom is -0.462 e. The molecular weight excluding hydrogens is 1350 g/mol. The van der Waals surface area contributed by atoms with Gasteiger partial charge in [0.25, 0.3) is 0 Å². The molecule has 5 atom stereocenters. The van der Waals surface area contributed by atoms with Gasteiger partial charge in [-0.15, -0.1) is 0 Å². The Balaban J connectivity index is 5.46. The summed E-state index contributed by atoms with van der Waals surface area (Å²) >= 11 is 0. The highest BCUT2D eigenvalue weighted by atomic mass is 31.2. The third-order valence-corrected chi connectivity index (χ3v) is 17.9. The van der Waals surface area contributed by atoms with Gasteiger partial charge in [0.05, 0.1) is 32.8 Å². The minimum absolute atomic E-state index is 0.0323. The Kier molecular flexibility index (Phi) is 72.0. The minimum atomic E-state index is -5.00. The van der Waals surface area contributed by atoms with Crippen molar-refractivity contribution >= 4 is 39.5 Å². The lowest BCUT2D eigenvalue weighted by molar-refractivity contribution is -0.161. The molecule has 0 aromatic carbocycles. The standard InChI is InChI=1S/C85H140O17P2/c1-5-9-13-17-21-25-29-33-37-38-39-40-44-46-50-54-58-62-66-70-83(88)96-76-81(102-85(90)72-68-64-60-56-52-48-43-36-32-28-24-20-16-12-8-4)78-100-104(93,94)98-74-79(86)73-97-103(91,92)99-77-80(101-84(89)71-67-63-59-55-51-47-42-35-31-27-23-19-15-11-7-3)75-95-82(87)69-65-61-57-53-49-45-41-34-30-26-22-18-14-10-6-2/h9-10,12-14,16,21-22,24-26,28,33-34,36-37,39-41,43,49,52-53,56,61,65,79-81,86H,5-8,11,15,17-20,23,27,29-32,35,38,42,44-48,50-51,54-55,57-60,62-64,66-78H2,1-4H3,(H,91,92)(H,93,94)/b13-9-,14-10-,16-12-,25-21-,26-22-,28-24-,37-33-,40-39-,41-34-,43-36-,53-49-,56-52-,65-61-. The average molecular weight is 1500 g/mol. The maximum absolute atomic E-state index is 13.1. The molecule has 0 spiro atoms. The van der Waals surface area contributed by atoms with Crippen molar-refractivity contribution in [3.63, 3.8) is 0 Å². The van der Waals surface area contributed by atoms with Gasteiger partial charge >= 0.3 is 39.5 Å². The zero-order valence-corrected chi connectivity index (χ0v) is 66.4. The second kappa shape index (κ2) is 75.9. The van der Waals surface area contributed by atoms with E-state index < -0.39 is 97.5 Å². The van der Waals surface area contributed by atoms with E-state index in [9.17, 15) is 43.2 Å². The van der Waals surface area contributed by atoms with Crippen molar-refractivity contribution in [3.8, 4) is 0 Å². The summed E-state index contributed by atoms with van der Waals surface area (Å²) in [6, 6.07) is 0.